The number of hydrogen-bond donors (Lipinski definition) is 1. The minimum absolute atomic E-state index is 0.0379. The van der Waals surface area contributed by atoms with Gasteiger partial charge in [-0.15, -0.1) is 10.2 Å². The first kappa shape index (κ1) is 16.8. The summed E-state index contributed by atoms with van der Waals surface area (Å²) < 4.78 is 0. The highest BCUT2D eigenvalue weighted by Crippen LogP contribution is 2.09. The summed E-state index contributed by atoms with van der Waals surface area (Å²) in [7, 11) is 0. The highest BCUT2D eigenvalue weighted by atomic mass is 16.2. The molecule has 1 aliphatic heterocycles. The first-order valence-corrected chi connectivity index (χ1v) is 8.15. The van der Waals surface area contributed by atoms with E-state index < -0.39 is 0 Å². The van der Waals surface area contributed by atoms with Gasteiger partial charge in [-0.05, 0) is 23.8 Å². The van der Waals surface area contributed by atoms with Crippen LogP contribution in [0.15, 0.2) is 36.7 Å². The fourth-order valence-corrected chi connectivity index (χ4v) is 2.62. The topological polar surface area (TPSA) is 91.3 Å². The van der Waals surface area contributed by atoms with Crippen molar-refractivity contribution in [1.82, 2.24) is 25.0 Å². The van der Waals surface area contributed by atoms with Gasteiger partial charge in [0.25, 0.3) is 5.91 Å². The molecule has 3 rings (SSSR count). The van der Waals surface area contributed by atoms with Gasteiger partial charge in [0.1, 0.15) is 5.82 Å². The van der Waals surface area contributed by atoms with E-state index in [1.54, 1.807) is 41.2 Å². The lowest BCUT2D eigenvalue weighted by molar-refractivity contribution is -0.130. The normalized spacial score (nSPS) is 14.3. The zero-order valence-corrected chi connectivity index (χ0v) is 14.1. The van der Waals surface area contributed by atoms with Crippen LogP contribution in [0, 0.1) is 0 Å². The maximum atomic E-state index is 12.5. The van der Waals surface area contributed by atoms with Crippen molar-refractivity contribution in [3.63, 3.8) is 0 Å². The Morgan fingerprint density at radius 3 is 2.44 bits per heavy atom. The Bertz CT molecular complexity index is 727. The number of piperazine rings is 1. The fraction of sp³-hybridized carbons (Fsp3) is 0.353. The molecule has 2 aromatic rings. The second-order valence-corrected chi connectivity index (χ2v) is 5.82. The van der Waals surface area contributed by atoms with Crippen LogP contribution in [-0.2, 0) is 11.3 Å². The molecule has 0 saturated carbocycles. The van der Waals surface area contributed by atoms with Gasteiger partial charge in [0.05, 0.1) is 0 Å². The molecule has 0 bridgehead atoms. The Kier molecular flexibility index (Phi) is 5.17. The molecule has 1 saturated heterocycles. The number of nitrogens with one attached hydrogen (secondary N) is 1. The maximum absolute atomic E-state index is 12.5. The molecule has 2 aromatic heterocycles. The van der Waals surface area contributed by atoms with Gasteiger partial charge in [0, 0.05) is 52.0 Å². The van der Waals surface area contributed by atoms with Gasteiger partial charge in [-0.3, -0.25) is 14.6 Å². The lowest BCUT2D eigenvalue weighted by Gasteiger charge is -2.33. The second kappa shape index (κ2) is 7.69. The predicted octanol–water partition coefficient (Wildman–Crippen LogP) is 0.788. The van der Waals surface area contributed by atoms with Gasteiger partial charge in [0.15, 0.2) is 5.69 Å². The van der Waals surface area contributed by atoms with E-state index in [0.29, 0.717) is 44.2 Å². The molecule has 1 N–H and O–H groups in total. The molecule has 0 atom stereocenters. The SMILES string of the molecule is CC(=O)N1CCN(C(=O)c2ccc(NCc3cccnc3)nn2)CC1. The number of carbonyl (C=O) groups excluding carboxylic acids is 2. The minimum Gasteiger partial charge on any atom is -0.364 e. The highest BCUT2D eigenvalue weighted by molar-refractivity contribution is 5.92. The Morgan fingerprint density at radius 1 is 1.08 bits per heavy atom. The molecule has 25 heavy (non-hydrogen) atoms. The molecule has 1 aliphatic rings. The number of nitrogens with zero attached hydrogens (tertiary/aromatic N) is 5. The highest BCUT2D eigenvalue weighted by Gasteiger charge is 2.24. The molecule has 2 amide bonds. The molecule has 1 fully saturated rings. The quantitative estimate of drug-likeness (QED) is 0.885. The summed E-state index contributed by atoms with van der Waals surface area (Å²) in [6.07, 6.45) is 3.50. The van der Waals surface area contributed by atoms with Crippen LogP contribution in [0.25, 0.3) is 0 Å². The number of aromatic nitrogens is 3. The van der Waals surface area contributed by atoms with E-state index in [0.717, 1.165) is 5.56 Å². The van der Waals surface area contributed by atoms with Crippen molar-refractivity contribution in [2.45, 2.75) is 13.5 Å². The molecule has 8 nitrogen and oxygen atoms in total. The van der Waals surface area contributed by atoms with Gasteiger partial charge in [-0.1, -0.05) is 6.07 Å². The molecule has 0 aliphatic carbocycles. The molecule has 3 heterocycles. The summed E-state index contributed by atoms with van der Waals surface area (Å²) in [5, 5.41) is 11.2. The van der Waals surface area contributed by atoms with Crippen LogP contribution in [0.4, 0.5) is 5.82 Å². The third-order valence-electron chi connectivity index (χ3n) is 4.09. The molecular weight excluding hydrogens is 320 g/mol. The van der Waals surface area contributed by atoms with E-state index in [1.165, 1.54) is 0 Å². The molecule has 8 heteroatoms. The number of carbonyl (C=O) groups is 2. The lowest BCUT2D eigenvalue weighted by atomic mass is 10.2. The second-order valence-electron chi connectivity index (χ2n) is 5.82. The van der Waals surface area contributed by atoms with Crippen LogP contribution in [0.1, 0.15) is 23.0 Å². The number of pyridine rings is 1. The zero-order chi connectivity index (χ0) is 17.6. The zero-order valence-electron chi connectivity index (χ0n) is 14.1. The molecule has 0 unspecified atom stereocenters. The van der Waals surface area contributed by atoms with Gasteiger partial charge >= 0.3 is 0 Å². The molecule has 0 spiro atoms. The number of hydrogen-bond acceptors (Lipinski definition) is 6. The van der Waals surface area contributed by atoms with E-state index in [9.17, 15) is 9.59 Å². The number of amides is 2. The standard InChI is InChI=1S/C17H20N6O2/c1-13(24)22-7-9-23(10-8-22)17(25)15-4-5-16(21-20-15)19-12-14-3-2-6-18-11-14/h2-6,11H,7-10,12H2,1H3,(H,19,21). The van der Waals surface area contributed by atoms with Crippen LogP contribution in [0.5, 0.6) is 0 Å². The van der Waals surface area contributed by atoms with Crippen molar-refractivity contribution in [3.05, 3.63) is 47.9 Å². The summed E-state index contributed by atoms with van der Waals surface area (Å²) >= 11 is 0. The van der Waals surface area contributed by atoms with Crippen molar-refractivity contribution in [2.24, 2.45) is 0 Å². The van der Waals surface area contributed by atoms with Gasteiger partial charge in [-0.25, -0.2) is 0 Å². The summed E-state index contributed by atoms with van der Waals surface area (Å²) in [5.74, 6) is 0.479. The Hall–Kier alpha value is -3.03. The fourth-order valence-electron chi connectivity index (χ4n) is 2.62. The first-order chi connectivity index (χ1) is 12.1. The van der Waals surface area contributed by atoms with E-state index in [2.05, 4.69) is 20.5 Å². The summed E-state index contributed by atoms with van der Waals surface area (Å²) in [5.41, 5.74) is 1.34. The Morgan fingerprint density at radius 2 is 1.84 bits per heavy atom. The van der Waals surface area contributed by atoms with Crippen LogP contribution in [0.3, 0.4) is 0 Å². The largest absolute Gasteiger partial charge is 0.364 e. The summed E-state index contributed by atoms with van der Waals surface area (Å²) in [6, 6.07) is 7.24. The van der Waals surface area contributed by atoms with Crippen LogP contribution >= 0.6 is 0 Å². The van der Waals surface area contributed by atoms with E-state index in [-0.39, 0.29) is 11.8 Å². The molecule has 0 aromatic carbocycles. The summed E-state index contributed by atoms with van der Waals surface area (Å²) in [4.78, 5) is 31.3. The van der Waals surface area contributed by atoms with Crippen molar-refractivity contribution in [2.75, 3.05) is 31.5 Å². The number of anilines is 1. The van der Waals surface area contributed by atoms with Gasteiger partial charge in [0.2, 0.25) is 5.91 Å². The Labute approximate surface area is 145 Å². The number of rotatable bonds is 4. The molecule has 130 valence electrons. The predicted molar refractivity (Wildman–Crippen MR) is 91.8 cm³/mol. The third kappa shape index (κ3) is 4.28. The average molecular weight is 340 g/mol. The van der Waals surface area contributed by atoms with Gasteiger partial charge < -0.3 is 15.1 Å². The Balaban J connectivity index is 1.55. The van der Waals surface area contributed by atoms with Crippen molar-refractivity contribution in [3.8, 4) is 0 Å². The van der Waals surface area contributed by atoms with Crippen molar-refractivity contribution in [1.29, 1.82) is 0 Å². The van der Waals surface area contributed by atoms with E-state index >= 15 is 0 Å². The average Bonchev–Trinajstić information content (AvgIpc) is 2.67. The minimum atomic E-state index is -0.158. The first-order valence-electron chi connectivity index (χ1n) is 8.15. The van der Waals surface area contributed by atoms with Gasteiger partial charge in [-0.2, -0.15) is 0 Å². The van der Waals surface area contributed by atoms with Crippen LogP contribution in [-0.4, -0.2) is 63.0 Å². The van der Waals surface area contributed by atoms with Crippen LogP contribution in [0.2, 0.25) is 0 Å². The molecular formula is C17H20N6O2. The van der Waals surface area contributed by atoms with Crippen molar-refractivity contribution < 1.29 is 9.59 Å². The van der Waals surface area contributed by atoms with E-state index in [1.807, 2.05) is 12.1 Å². The van der Waals surface area contributed by atoms with Crippen molar-refractivity contribution >= 4 is 17.6 Å². The summed E-state index contributed by atoms with van der Waals surface area (Å²) in [6.45, 7) is 4.27. The van der Waals surface area contributed by atoms with Crippen LogP contribution < -0.4 is 5.32 Å². The third-order valence-corrected chi connectivity index (χ3v) is 4.09. The maximum Gasteiger partial charge on any atom is 0.274 e. The monoisotopic (exact) mass is 340 g/mol. The smallest absolute Gasteiger partial charge is 0.274 e. The lowest BCUT2D eigenvalue weighted by Crippen LogP contribution is -2.50. The molecule has 0 radical (unpaired) electrons. The van der Waals surface area contributed by atoms with E-state index in [4.69, 9.17) is 0 Å².